The van der Waals surface area contributed by atoms with Gasteiger partial charge in [-0.25, -0.2) is 0 Å². The minimum atomic E-state index is -0.992. The molecule has 0 saturated heterocycles. The summed E-state index contributed by atoms with van der Waals surface area (Å²) >= 11 is 0. The number of likely N-dealkylation sites (N-methyl/N-ethyl adjacent to an activating group) is 1. The number of nitrogens with zero attached hydrogens (tertiary/aromatic N) is 1. The molecule has 188 valence electrons. The van der Waals surface area contributed by atoms with Crippen LogP contribution in [0.1, 0.15) is 34.3 Å². The molecule has 3 aromatic rings. The fourth-order valence-electron chi connectivity index (χ4n) is 3.50. The Labute approximate surface area is 211 Å². The molecule has 36 heavy (non-hydrogen) atoms. The number of rotatable bonds is 14. The highest BCUT2D eigenvalue weighted by Crippen LogP contribution is 2.16. The van der Waals surface area contributed by atoms with Gasteiger partial charge in [0.15, 0.2) is 5.78 Å². The first-order valence-electron chi connectivity index (χ1n) is 11.9. The fourth-order valence-corrected chi connectivity index (χ4v) is 3.50. The molecule has 7 heteroatoms. The second-order valence-electron chi connectivity index (χ2n) is 8.41. The topological polar surface area (TPSA) is 93.1 Å². The van der Waals surface area contributed by atoms with Crippen LogP contribution in [0.2, 0.25) is 0 Å². The lowest BCUT2D eigenvalue weighted by Crippen LogP contribution is -2.30. The number of ketones is 1. The summed E-state index contributed by atoms with van der Waals surface area (Å²) in [5, 5.41) is 8.68. The van der Waals surface area contributed by atoms with Crippen molar-refractivity contribution in [1.82, 2.24) is 4.90 Å². The standard InChI is InChI=1S/C29H31NO6/c1-30(18-17-22-5-3-2-4-6-22)28(32)21-23-7-11-25(12-8-23)35-19-20-36-26-13-9-24(10-14-26)27(31)15-16-29(33)34/h2-14H,15-21H2,1H3,(H,33,34). The molecule has 1 N–H and O–H groups in total. The number of amides is 1. The van der Waals surface area contributed by atoms with Gasteiger partial charge in [0, 0.05) is 25.6 Å². The molecule has 0 unspecified atom stereocenters. The summed E-state index contributed by atoms with van der Waals surface area (Å²) in [6.07, 6.45) is 0.954. The number of ether oxygens (including phenoxy) is 2. The summed E-state index contributed by atoms with van der Waals surface area (Å²) in [7, 11) is 1.83. The number of aliphatic carboxylic acids is 1. The number of carbonyl (C=O) groups excluding carboxylic acids is 2. The van der Waals surface area contributed by atoms with Crippen molar-refractivity contribution in [2.24, 2.45) is 0 Å². The van der Waals surface area contributed by atoms with Gasteiger partial charge in [0.2, 0.25) is 5.91 Å². The first-order valence-corrected chi connectivity index (χ1v) is 11.9. The monoisotopic (exact) mass is 489 g/mol. The molecule has 0 aromatic heterocycles. The molecule has 0 heterocycles. The van der Waals surface area contributed by atoms with Crippen LogP contribution in [-0.2, 0) is 22.4 Å². The largest absolute Gasteiger partial charge is 0.490 e. The molecule has 3 aromatic carbocycles. The number of carbonyl (C=O) groups is 3. The average Bonchev–Trinajstić information content (AvgIpc) is 2.90. The Morgan fingerprint density at radius 3 is 1.92 bits per heavy atom. The molecule has 0 spiro atoms. The van der Waals surface area contributed by atoms with E-state index >= 15 is 0 Å². The summed E-state index contributed by atoms with van der Waals surface area (Å²) in [6, 6.07) is 24.2. The van der Waals surface area contributed by atoms with Crippen LogP contribution in [0.15, 0.2) is 78.9 Å². The molecule has 0 fully saturated rings. The van der Waals surface area contributed by atoms with E-state index in [9.17, 15) is 14.4 Å². The third kappa shape index (κ3) is 8.91. The summed E-state index contributed by atoms with van der Waals surface area (Å²) in [6.45, 7) is 1.33. The van der Waals surface area contributed by atoms with Gasteiger partial charge in [-0.15, -0.1) is 0 Å². The van der Waals surface area contributed by atoms with Crippen molar-refractivity contribution in [2.45, 2.75) is 25.7 Å². The van der Waals surface area contributed by atoms with Crippen LogP contribution in [0.25, 0.3) is 0 Å². The van der Waals surface area contributed by atoms with E-state index in [0.717, 1.165) is 12.0 Å². The predicted molar refractivity (Wildman–Crippen MR) is 137 cm³/mol. The molecular weight excluding hydrogens is 458 g/mol. The second kappa shape index (κ2) is 13.7. The summed E-state index contributed by atoms with van der Waals surface area (Å²) < 4.78 is 11.3. The Morgan fingerprint density at radius 1 is 0.750 bits per heavy atom. The van der Waals surface area contributed by atoms with Crippen LogP contribution >= 0.6 is 0 Å². The van der Waals surface area contributed by atoms with Gasteiger partial charge < -0.3 is 19.5 Å². The molecule has 0 saturated carbocycles. The Bertz CT molecular complexity index is 1130. The highest BCUT2D eigenvalue weighted by atomic mass is 16.5. The first kappa shape index (κ1) is 26.5. The van der Waals surface area contributed by atoms with Crippen molar-refractivity contribution < 1.29 is 29.0 Å². The van der Waals surface area contributed by atoms with Gasteiger partial charge >= 0.3 is 5.97 Å². The minimum Gasteiger partial charge on any atom is -0.490 e. The van der Waals surface area contributed by atoms with Gasteiger partial charge in [-0.2, -0.15) is 0 Å². The number of carboxylic acid groups (broad SMARTS) is 1. The normalized spacial score (nSPS) is 10.5. The SMILES string of the molecule is CN(CCc1ccccc1)C(=O)Cc1ccc(OCCOc2ccc(C(=O)CCC(=O)O)cc2)cc1. The van der Waals surface area contributed by atoms with E-state index in [1.54, 1.807) is 29.2 Å². The van der Waals surface area contributed by atoms with Crippen LogP contribution in [0.3, 0.4) is 0 Å². The molecular formula is C29H31NO6. The summed E-state index contributed by atoms with van der Waals surface area (Å²) in [5.41, 5.74) is 2.59. The van der Waals surface area contributed by atoms with Crippen molar-refractivity contribution in [3.63, 3.8) is 0 Å². The molecule has 7 nitrogen and oxygen atoms in total. The molecule has 0 bridgehead atoms. The molecule has 0 aliphatic heterocycles. The van der Waals surface area contributed by atoms with E-state index in [1.165, 1.54) is 5.56 Å². The average molecular weight is 490 g/mol. The van der Waals surface area contributed by atoms with E-state index < -0.39 is 5.97 Å². The van der Waals surface area contributed by atoms with Crippen molar-refractivity contribution in [1.29, 1.82) is 0 Å². The maximum absolute atomic E-state index is 12.5. The Balaban J connectivity index is 1.35. The maximum atomic E-state index is 12.5. The Kier molecular flexibility index (Phi) is 10.1. The van der Waals surface area contributed by atoms with Gasteiger partial charge in [-0.3, -0.25) is 14.4 Å². The third-order valence-electron chi connectivity index (χ3n) is 5.65. The van der Waals surface area contributed by atoms with Gasteiger partial charge in [-0.1, -0.05) is 42.5 Å². The van der Waals surface area contributed by atoms with Crippen LogP contribution in [0, 0.1) is 0 Å². The van der Waals surface area contributed by atoms with Crippen molar-refractivity contribution in [2.75, 3.05) is 26.8 Å². The number of hydrogen-bond donors (Lipinski definition) is 1. The van der Waals surface area contributed by atoms with E-state index in [-0.39, 0.29) is 24.5 Å². The Morgan fingerprint density at radius 2 is 1.33 bits per heavy atom. The molecule has 0 atom stereocenters. The fraction of sp³-hybridized carbons (Fsp3) is 0.276. The van der Waals surface area contributed by atoms with Gasteiger partial charge in [-0.05, 0) is 53.9 Å². The molecule has 0 aliphatic rings. The van der Waals surface area contributed by atoms with Gasteiger partial charge in [0.1, 0.15) is 24.7 Å². The number of carboxylic acids is 1. The molecule has 0 aliphatic carbocycles. The highest BCUT2D eigenvalue weighted by molar-refractivity contribution is 5.97. The zero-order valence-corrected chi connectivity index (χ0v) is 20.4. The maximum Gasteiger partial charge on any atom is 0.303 e. The first-order chi connectivity index (χ1) is 17.4. The predicted octanol–water partition coefficient (Wildman–Crippen LogP) is 4.44. The van der Waals surface area contributed by atoms with Crippen LogP contribution < -0.4 is 9.47 Å². The van der Waals surface area contributed by atoms with Gasteiger partial charge in [0.25, 0.3) is 0 Å². The molecule has 0 radical (unpaired) electrons. The quantitative estimate of drug-likeness (QED) is 0.266. The van der Waals surface area contributed by atoms with E-state index in [2.05, 4.69) is 12.1 Å². The van der Waals surface area contributed by atoms with E-state index in [1.807, 2.05) is 49.5 Å². The lowest BCUT2D eigenvalue weighted by atomic mass is 10.1. The highest BCUT2D eigenvalue weighted by Gasteiger charge is 2.11. The van der Waals surface area contributed by atoms with Crippen molar-refractivity contribution in [3.8, 4) is 11.5 Å². The Hall–Kier alpha value is -4.13. The summed E-state index contributed by atoms with van der Waals surface area (Å²) in [4.78, 5) is 36.8. The number of Topliss-reactive ketones (excluding diaryl/α,β-unsaturated/α-hetero) is 1. The molecule has 3 rings (SSSR count). The minimum absolute atomic E-state index is 0.0265. The van der Waals surface area contributed by atoms with Crippen molar-refractivity contribution in [3.05, 3.63) is 95.6 Å². The zero-order valence-electron chi connectivity index (χ0n) is 20.4. The van der Waals surface area contributed by atoms with E-state index in [4.69, 9.17) is 14.6 Å². The van der Waals surface area contributed by atoms with Gasteiger partial charge in [0.05, 0.1) is 12.8 Å². The lowest BCUT2D eigenvalue weighted by molar-refractivity contribution is -0.137. The lowest BCUT2D eigenvalue weighted by Gasteiger charge is -2.17. The third-order valence-corrected chi connectivity index (χ3v) is 5.65. The van der Waals surface area contributed by atoms with Crippen LogP contribution in [0.4, 0.5) is 0 Å². The number of hydrogen-bond acceptors (Lipinski definition) is 5. The summed E-state index contributed by atoms with van der Waals surface area (Å²) in [5.74, 6) is 0.151. The molecule has 1 amide bonds. The van der Waals surface area contributed by atoms with Crippen LogP contribution in [0.5, 0.6) is 11.5 Å². The smallest absolute Gasteiger partial charge is 0.303 e. The van der Waals surface area contributed by atoms with Crippen molar-refractivity contribution >= 4 is 17.7 Å². The zero-order chi connectivity index (χ0) is 25.8. The second-order valence-corrected chi connectivity index (χ2v) is 8.41. The van der Waals surface area contributed by atoms with E-state index in [0.29, 0.717) is 43.2 Å². The number of benzene rings is 3. The van der Waals surface area contributed by atoms with Crippen LogP contribution in [-0.4, -0.2) is 54.5 Å².